The zero-order chi connectivity index (χ0) is 20.3. The maximum atomic E-state index is 12.9. The third kappa shape index (κ3) is 4.36. The number of benzene rings is 1. The highest BCUT2D eigenvalue weighted by Gasteiger charge is 2.41. The summed E-state index contributed by atoms with van der Waals surface area (Å²) in [6, 6.07) is 7.81. The van der Waals surface area contributed by atoms with Gasteiger partial charge >= 0.3 is 0 Å². The van der Waals surface area contributed by atoms with Gasteiger partial charge in [-0.25, -0.2) is 4.98 Å². The van der Waals surface area contributed by atoms with Gasteiger partial charge in [0.2, 0.25) is 5.91 Å². The molecule has 6 heteroatoms. The Labute approximate surface area is 172 Å². The summed E-state index contributed by atoms with van der Waals surface area (Å²) in [5.41, 5.74) is 2.01. The molecule has 0 radical (unpaired) electrons. The van der Waals surface area contributed by atoms with Gasteiger partial charge in [-0.1, -0.05) is 18.2 Å². The molecule has 154 valence electrons. The molecule has 0 bridgehead atoms. The second-order valence-electron chi connectivity index (χ2n) is 8.58. The minimum absolute atomic E-state index is 0.141. The number of carbonyl (C=O) groups is 2. The lowest BCUT2D eigenvalue weighted by Gasteiger charge is -2.47. The molecule has 29 heavy (non-hydrogen) atoms. The van der Waals surface area contributed by atoms with Gasteiger partial charge in [0.25, 0.3) is 5.91 Å². The van der Waals surface area contributed by atoms with E-state index in [4.69, 9.17) is 0 Å². The first-order chi connectivity index (χ1) is 14.1. The second kappa shape index (κ2) is 8.39. The summed E-state index contributed by atoms with van der Waals surface area (Å²) < 4.78 is 2.06. The number of rotatable bonds is 5. The Hall–Kier alpha value is -2.63. The van der Waals surface area contributed by atoms with E-state index in [9.17, 15) is 9.59 Å². The molecule has 0 aliphatic carbocycles. The Bertz CT molecular complexity index is 854. The van der Waals surface area contributed by atoms with E-state index in [1.54, 1.807) is 6.20 Å². The number of likely N-dealkylation sites (tertiary alicyclic amines) is 2. The lowest BCUT2D eigenvalue weighted by Crippen LogP contribution is -2.52. The van der Waals surface area contributed by atoms with Crippen molar-refractivity contribution in [2.24, 2.45) is 5.41 Å². The van der Waals surface area contributed by atoms with Crippen LogP contribution >= 0.6 is 0 Å². The van der Waals surface area contributed by atoms with E-state index in [2.05, 4.69) is 14.5 Å². The van der Waals surface area contributed by atoms with Crippen LogP contribution < -0.4 is 0 Å². The van der Waals surface area contributed by atoms with Crippen LogP contribution in [0.25, 0.3) is 0 Å². The lowest BCUT2D eigenvalue weighted by atomic mass is 9.72. The van der Waals surface area contributed by atoms with Crippen molar-refractivity contribution >= 4 is 11.8 Å². The Morgan fingerprint density at radius 3 is 2.66 bits per heavy atom. The molecule has 0 unspecified atom stereocenters. The van der Waals surface area contributed by atoms with Crippen molar-refractivity contribution in [3.8, 4) is 0 Å². The first-order valence-corrected chi connectivity index (χ1v) is 10.6. The minimum atomic E-state index is 0.141. The monoisotopic (exact) mass is 394 g/mol. The number of imidazole rings is 1. The topological polar surface area (TPSA) is 58.4 Å². The van der Waals surface area contributed by atoms with Crippen LogP contribution in [0.5, 0.6) is 0 Å². The Kier molecular flexibility index (Phi) is 5.69. The molecule has 2 amide bonds. The number of carbonyl (C=O) groups excluding carboxylic acids is 2. The summed E-state index contributed by atoms with van der Waals surface area (Å²) in [5, 5.41) is 0. The highest BCUT2D eigenvalue weighted by atomic mass is 16.2. The number of hydrogen-bond donors (Lipinski definition) is 0. The molecule has 2 fully saturated rings. The molecule has 1 spiro atoms. The molecule has 0 saturated carbocycles. The first kappa shape index (κ1) is 19.7. The SMILES string of the molecule is Cc1ccccc1C(=O)N1CCC2(CCC(=O)N(CCCn3ccnc3)C2)CC1. The van der Waals surface area contributed by atoms with Crippen LogP contribution in [-0.4, -0.2) is 57.3 Å². The number of aryl methyl sites for hydroxylation is 2. The van der Waals surface area contributed by atoms with Crippen molar-refractivity contribution in [2.75, 3.05) is 26.2 Å². The fourth-order valence-corrected chi connectivity index (χ4v) is 4.74. The van der Waals surface area contributed by atoms with Crippen LogP contribution in [0, 0.1) is 12.3 Å². The predicted molar refractivity (Wildman–Crippen MR) is 111 cm³/mol. The van der Waals surface area contributed by atoms with Gasteiger partial charge in [0.1, 0.15) is 0 Å². The highest BCUT2D eigenvalue weighted by Crippen LogP contribution is 2.40. The van der Waals surface area contributed by atoms with Crippen LogP contribution in [-0.2, 0) is 11.3 Å². The van der Waals surface area contributed by atoms with Crippen molar-refractivity contribution in [2.45, 2.75) is 45.6 Å². The summed E-state index contributed by atoms with van der Waals surface area (Å²) in [6.45, 7) is 6.07. The van der Waals surface area contributed by atoms with E-state index in [1.165, 1.54) is 0 Å². The molecule has 6 nitrogen and oxygen atoms in total. The number of nitrogens with zero attached hydrogens (tertiary/aromatic N) is 4. The fraction of sp³-hybridized carbons (Fsp3) is 0.522. The third-order valence-electron chi connectivity index (χ3n) is 6.64. The van der Waals surface area contributed by atoms with Gasteiger partial charge in [-0.2, -0.15) is 0 Å². The molecule has 4 rings (SSSR count). The van der Waals surface area contributed by atoms with Crippen LogP contribution in [0.3, 0.4) is 0 Å². The van der Waals surface area contributed by atoms with Crippen molar-refractivity contribution in [1.29, 1.82) is 0 Å². The maximum Gasteiger partial charge on any atom is 0.254 e. The summed E-state index contributed by atoms with van der Waals surface area (Å²) >= 11 is 0. The Morgan fingerprint density at radius 2 is 1.93 bits per heavy atom. The summed E-state index contributed by atoms with van der Waals surface area (Å²) in [7, 11) is 0. The van der Waals surface area contributed by atoms with Gasteiger partial charge in [0, 0.05) is 57.1 Å². The third-order valence-corrected chi connectivity index (χ3v) is 6.64. The predicted octanol–water partition coefficient (Wildman–Crippen LogP) is 3.13. The van der Waals surface area contributed by atoms with E-state index in [0.29, 0.717) is 6.42 Å². The average Bonchev–Trinajstić information content (AvgIpc) is 3.25. The van der Waals surface area contributed by atoms with E-state index >= 15 is 0 Å². The van der Waals surface area contributed by atoms with E-state index in [0.717, 1.165) is 69.5 Å². The van der Waals surface area contributed by atoms with Crippen molar-refractivity contribution < 1.29 is 9.59 Å². The molecular weight excluding hydrogens is 364 g/mol. The van der Waals surface area contributed by atoms with Crippen molar-refractivity contribution in [1.82, 2.24) is 19.4 Å². The van der Waals surface area contributed by atoms with Gasteiger partial charge in [0.15, 0.2) is 0 Å². The number of hydrogen-bond acceptors (Lipinski definition) is 3. The van der Waals surface area contributed by atoms with E-state index < -0.39 is 0 Å². The molecule has 2 aliphatic heterocycles. The molecule has 2 aliphatic rings. The molecular formula is C23H30N4O2. The highest BCUT2D eigenvalue weighted by molar-refractivity contribution is 5.95. The summed E-state index contributed by atoms with van der Waals surface area (Å²) in [6.07, 6.45) is 10.1. The van der Waals surface area contributed by atoms with Gasteiger partial charge in [0.05, 0.1) is 6.33 Å². The normalized spacial score (nSPS) is 19.0. The zero-order valence-electron chi connectivity index (χ0n) is 17.2. The zero-order valence-corrected chi connectivity index (χ0v) is 17.2. The number of amides is 2. The van der Waals surface area contributed by atoms with Gasteiger partial charge in [-0.3, -0.25) is 9.59 Å². The fourth-order valence-electron chi connectivity index (χ4n) is 4.74. The first-order valence-electron chi connectivity index (χ1n) is 10.6. The largest absolute Gasteiger partial charge is 0.342 e. The van der Waals surface area contributed by atoms with Crippen LogP contribution in [0.15, 0.2) is 43.0 Å². The van der Waals surface area contributed by atoms with Gasteiger partial charge in [-0.15, -0.1) is 0 Å². The Balaban J connectivity index is 1.33. The average molecular weight is 395 g/mol. The maximum absolute atomic E-state index is 12.9. The standard InChI is InChI=1S/C23H30N4O2/c1-19-5-2-3-6-20(19)22(29)26-14-9-23(10-15-26)8-7-21(28)27(17-23)13-4-12-25-16-11-24-18-25/h2-3,5-6,11,16,18H,4,7-10,12-15,17H2,1H3. The molecule has 3 heterocycles. The van der Waals surface area contributed by atoms with E-state index in [-0.39, 0.29) is 17.2 Å². The molecule has 2 saturated heterocycles. The Morgan fingerprint density at radius 1 is 1.14 bits per heavy atom. The van der Waals surface area contributed by atoms with Gasteiger partial charge in [-0.05, 0) is 49.7 Å². The molecule has 1 aromatic carbocycles. The minimum Gasteiger partial charge on any atom is -0.342 e. The lowest BCUT2D eigenvalue weighted by molar-refractivity contribution is -0.139. The molecule has 0 N–H and O–H groups in total. The van der Waals surface area contributed by atoms with Gasteiger partial charge < -0.3 is 14.4 Å². The number of aromatic nitrogens is 2. The smallest absolute Gasteiger partial charge is 0.254 e. The molecule has 2 aromatic rings. The molecule has 0 atom stereocenters. The summed E-state index contributed by atoms with van der Waals surface area (Å²) in [4.78, 5) is 33.5. The quantitative estimate of drug-likeness (QED) is 0.783. The van der Waals surface area contributed by atoms with Crippen LogP contribution in [0.1, 0.15) is 48.0 Å². The van der Waals surface area contributed by atoms with Crippen LogP contribution in [0.2, 0.25) is 0 Å². The second-order valence-corrected chi connectivity index (χ2v) is 8.58. The van der Waals surface area contributed by atoms with E-state index in [1.807, 2.05) is 48.6 Å². The molecule has 1 aromatic heterocycles. The summed E-state index contributed by atoms with van der Waals surface area (Å²) in [5.74, 6) is 0.418. The van der Waals surface area contributed by atoms with Crippen LogP contribution in [0.4, 0.5) is 0 Å². The van der Waals surface area contributed by atoms with Crippen molar-refractivity contribution in [3.05, 3.63) is 54.1 Å². The van der Waals surface area contributed by atoms with Crippen molar-refractivity contribution in [3.63, 3.8) is 0 Å². The number of piperidine rings is 2.